The van der Waals surface area contributed by atoms with Crippen molar-refractivity contribution in [3.63, 3.8) is 0 Å². The van der Waals surface area contributed by atoms with E-state index in [-0.39, 0.29) is 5.78 Å². The summed E-state index contributed by atoms with van der Waals surface area (Å²) in [6.07, 6.45) is 3.55. The number of benzene rings is 1. The third kappa shape index (κ3) is 2.91. The van der Waals surface area contributed by atoms with Gasteiger partial charge in [0.05, 0.1) is 9.95 Å². The normalized spacial score (nSPS) is 20.3. The zero-order valence-corrected chi connectivity index (χ0v) is 14.0. The van der Waals surface area contributed by atoms with Crippen molar-refractivity contribution in [2.24, 2.45) is 0 Å². The van der Waals surface area contributed by atoms with E-state index in [1.165, 1.54) is 28.7 Å². The second-order valence-corrected chi connectivity index (χ2v) is 7.47. The van der Waals surface area contributed by atoms with Crippen molar-refractivity contribution in [2.45, 2.75) is 25.7 Å². The second kappa shape index (κ2) is 6.18. The van der Waals surface area contributed by atoms with Gasteiger partial charge in [0.15, 0.2) is 5.78 Å². The Morgan fingerprint density at radius 3 is 2.59 bits per heavy atom. The molecule has 112 valence electrons. The maximum atomic E-state index is 12.5. The number of thiazole rings is 1. The Morgan fingerprint density at radius 2 is 2.00 bits per heavy atom. The number of hydrogen-bond donors (Lipinski definition) is 1. The van der Waals surface area contributed by atoms with Gasteiger partial charge in [-0.1, -0.05) is 49.9 Å². The molecule has 0 spiro atoms. The van der Waals surface area contributed by atoms with Crippen LogP contribution in [0, 0.1) is 5.41 Å². The number of rotatable bonds is 3. The fraction of sp³-hybridized carbons (Fsp3) is 0.235. The first-order chi connectivity index (χ1) is 10.6. The smallest absolute Gasteiger partial charge is 0.186 e. The molecule has 2 heterocycles. The molecule has 0 aliphatic carbocycles. The summed E-state index contributed by atoms with van der Waals surface area (Å²) in [4.78, 5) is 17.3. The Morgan fingerprint density at radius 1 is 1.27 bits per heavy atom. The average molecular weight is 328 g/mol. The number of nitrogens with one attached hydrogen (secondary N) is 1. The van der Waals surface area contributed by atoms with Gasteiger partial charge >= 0.3 is 0 Å². The number of aromatic nitrogens is 1. The van der Waals surface area contributed by atoms with Crippen LogP contribution in [-0.2, 0) is 4.79 Å². The standard InChI is InChI=1S/C17H16N2OS2/c1-10(2)12-5-3-11(4-6-12)9-13-15(20)14(16(18)22-13)17-19-7-8-21-17/h3-10,14,18H,1-2H3/b13-9-,18-16?/t14-/m0/s1. The SMILES string of the molecule is CC(C)c1ccc(/C=C2\SC(=N)[C@@H](c3nccs3)C2=O)cc1. The number of carbonyl (C=O) groups excluding carboxylic acids is 1. The molecule has 1 atom stereocenters. The summed E-state index contributed by atoms with van der Waals surface area (Å²) in [7, 11) is 0. The van der Waals surface area contributed by atoms with E-state index in [0.717, 1.165) is 5.56 Å². The molecule has 2 aromatic rings. The maximum absolute atomic E-state index is 12.5. The summed E-state index contributed by atoms with van der Waals surface area (Å²) in [5, 5.41) is 11.0. The van der Waals surface area contributed by atoms with E-state index < -0.39 is 5.92 Å². The molecular formula is C17H16N2OS2. The summed E-state index contributed by atoms with van der Waals surface area (Å²) >= 11 is 2.67. The Kier molecular flexibility index (Phi) is 4.27. The van der Waals surface area contributed by atoms with E-state index in [2.05, 4.69) is 31.0 Å². The lowest BCUT2D eigenvalue weighted by atomic mass is 10.0. The van der Waals surface area contributed by atoms with Gasteiger partial charge in [-0.25, -0.2) is 4.98 Å². The molecule has 1 aromatic carbocycles. The highest BCUT2D eigenvalue weighted by molar-refractivity contribution is 8.19. The first kappa shape index (κ1) is 15.2. The number of carbonyl (C=O) groups is 1. The van der Waals surface area contributed by atoms with Crippen molar-refractivity contribution < 1.29 is 4.79 Å². The van der Waals surface area contributed by atoms with Crippen molar-refractivity contribution >= 4 is 40.0 Å². The molecule has 0 unspecified atom stereocenters. The number of nitrogens with zero attached hydrogens (tertiary/aromatic N) is 1. The number of Topliss-reactive ketones (excluding diaryl/α,β-unsaturated/α-hetero) is 1. The van der Waals surface area contributed by atoms with Gasteiger partial charge in [-0.15, -0.1) is 11.3 Å². The Hall–Kier alpha value is -1.72. The van der Waals surface area contributed by atoms with E-state index in [0.29, 0.717) is 20.9 Å². The summed E-state index contributed by atoms with van der Waals surface area (Å²) in [6.45, 7) is 4.31. The van der Waals surface area contributed by atoms with Crippen molar-refractivity contribution in [1.29, 1.82) is 5.41 Å². The van der Waals surface area contributed by atoms with Crippen LogP contribution in [0.3, 0.4) is 0 Å². The summed E-state index contributed by atoms with van der Waals surface area (Å²) in [5.41, 5.74) is 2.27. The third-order valence-electron chi connectivity index (χ3n) is 3.59. The number of ketones is 1. The predicted octanol–water partition coefficient (Wildman–Crippen LogP) is 4.68. The largest absolute Gasteiger partial charge is 0.297 e. The highest BCUT2D eigenvalue weighted by atomic mass is 32.2. The Labute approximate surface area is 138 Å². The van der Waals surface area contributed by atoms with E-state index in [1.54, 1.807) is 6.20 Å². The van der Waals surface area contributed by atoms with Crippen LogP contribution >= 0.6 is 23.1 Å². The molecule has 1 saturated heterocycles. The van der Waals surface area contributed by atoms with Gasteiger partial charge in [-0.2, -0.15) is 0 Å². The van der Waals surface area contributed by atoms with Gasteiger partial charge in [-0.05, 0) is 23.1 Å². The van der Waals surface area contributed by atoms with Crippen LogP contribution in [0.15, 0.2) is 40.7 Å². The molecule has 0 radical (unpaired) electrons. The summed E-state index contributed by atoms with van der Waals surface area (Å²) in [5.74, 6) is -0.0317. The molecule has 22 heavy (non-hydrogen) atoms. The van der Waals surface area contributed by atoms with E-state index in [9.17, 15) is 4.79 Å². The first-order valence-corrected chi connectivity index (χ1v) is 8.77. The van der Waals surface area contributed by atoms with Crippen LogP contribution in [0.25, 0.3) is 6.08 Å². The van der Waals surface area contributed by atoms with Crippen molar-refractivity contribution in [2.75, 3.05) is 0 Å². The molecule has 1 N–H and O–H groups in total. The van der Waals surface area contributed by atoms with Gasteiger partial charge in [0.25, 0.3) is 0 Å². The van der Waals surface area contributed by atoms with Crippen LogP contribution in [0.5, 0.6) is 0 Å². The van der Waals surface area contributed by atoms with Crippen LogP contribution < -0.4 is 0 Å². The fourth-order valence-corrected chi connectivity index (χ4v) is 4.12. The molecule has 1 aliphatic rings. The molecule has 5 heteroatoms. The van der Waals surface area contributed by atoms with Crippen LogP contribution in [0.1, 0.15) is 41.8 Å². The minimum atomic E-state index is -0.508. The van der Waals surface area contributed by atoms with Crippen LogP contribution in [0.2, 0.25) is 0 Å². The Bertz CT molecular complexity index is 731. The predicted molar refractivity (Wildman–Crippen MR) is 93.7 cm³/mol. The Balaban J connectivity index is 1.86. The van der Waals surface area contributed by atoms with Crippen LogP contribution in [-0.4, -0.2) is 15.8 Å². The molecule has 1 aliphatic heterocycles. The van der Waals surface area contributed by atoms with Crippen LogP contribution in [0.4, 0.5) is 0 Å². The van der Waals surface area contributed by atoms with Gasteiger partial charge in [0.2, 0.25) is 0 Å². The lowest BCUT2D eigenvalue weighted by Gasteiger charge is -2.05. The highest BCUT2D eigenvalue weighted by Gasteiger charge is 2.38. The van der Waals surface area contributed by atoms with Gasteiger partial charge < -0.3 is 0 Å². The lowest BCUT2D eigenvalue weighted by Crippen LogP contribution is -2.11. The lowest BCUT2D eigenvalue weighted by molar-refractivity contribution is -0.114. The average Bonchev–Trinajstić information content (AvgIpc) is 3.09. The van der Waals surface area contributed by atoms with Crippen molar-refractivity contribution in [1.82, 2.24) is 4.98 Å². The molecule has 0 amide bonds. The summed E-state index contributed by atoms with van der Waals surface area (Å²) < 4.78 is 0. The van der Waals surface area contributed by atoms with Crippen molar-refractivity contribution in [3.05, 3.63) is 56.9 Å². The molecular weight excluding hydrogens is 312 g/mol. The van der Waals surface area contributed by atoms with E-state index in [4.69, 9.17) is 5.41 Å². The molecule has 0 bridgehead atoms. The van der Waals surface area contributed by atoms with E-state index >= 15 is 0 Å². The quantitative estimate of drug-likeness (QED) is 0.832. The molecule has 3 rings (SSSR count). The topological polar surface area (TPSA) is 53.8 Å². The third-order valence-corrected chi connectivity index (χ3v) is 5.42. The highest BCUT2D eigenvalue weighted by Crippen LogP contribution is 2.41. The van der Waals surface area contributed by atoms with Crippen molar-refractivity contribution in [3.8, 4) is 0 Å². The van der Waals surface area contributed by atoms with Gasteiger partial charge in [0, 0.05) is 11.6 Å². The fourth-order valence-electron chi connectivity index (χ4n) is 2.32. The monoisotopic (exact) mass is 328 g/mol. The minimum Gasteiger partial charge on any atom is -0.297 e. The number of hydrogen-bond acceptors (Lipinski definition) is 5. The van der Waals surface area contributed by atoms with Gasteiger partial charge in [-0.3, -0.25) is 10.2 Å². The zero-order valence-electron chi connectivity index (χ0n) is 12.4. The molecule has 3 nitrogen and oxygen atoms in total. The maximum Gasteiger partial charge on any atom is 0.186 e. The summed E-state index contributed by atoms with van der Waals surface area (Å²) in [6, 6.07) is 8.22. The van der Waals surface area contributed by atoms with Gasteiger partial charge in [0.1, 0.15) is 10.9 Å². The molecule has 1 aromatic heterocycles. The first-order valence-electron chi connectivity index (χ1n) is 7.08. The number of thioether (sulfide) groups is 1. The molecule has 1 fully saturated rings. The zero-order chi connectivity index (χ0) is 15.7. The minimum absolute atomic E-state index is 0.0158. The number of allylic oxidation sites excluding steroid dienone is 1. The second-order valence-electron chi connectivity index (χ2n) is 5.46. The molecule has 0 saturated carbocycles. The van der Waals surface area contributed by atoms with E-state index in [1.807, 2.05) is 23.6 Å².